The molecule has 1 aromatic heterocycles. The van der Waals surface area contributed by atoms with Crippen LogP contribution in [0.2, 0.25) is 0 Å². The van der Waals surface area contributed by atoms with Crippen LogP contribution in [0, 0.1) is 0 Å². The number of nitrogens with zero attached hydrogens (tertiary/aromatic N) is 2. The van der Waals surface area contributed by atoms with Gasteiger partial charge in [0, 0.05) is 12.6 Å². The van der Waals surface area contributed by atoms with E-state index in [0.717, 1.165) is 17.0 Å². The third-order valence-corrected chi connectivity index (χ3v) is 7.92. The van der Waals surface area contributed by atoms with Crippen molar-refractivity contribution in [3.05, 3.63) is 35.0 Å². The normalized spacial score (nSPS) is 29.7. The smallest absolute Gasteiger partial charge is 0.405 e. The van der Waals surface area contributed by atoms with Crippen LogP contribution in [0.15, 0.2) is 29.3 Å². The summed E-state index contributed by atoms with van der Waals surface area (Å²) in [7, 11) is -16.9. The van der Waals surface area contributed by atoms with Crippen LogP contribution < -0.4 is 17.2 Å². The average Bonchev–Trinajstić information content (AvgIpc) is 2.87. The van der Waals surface area contributed by atoms with Gasteiger partial charge < -0.3 is 46.0 Å². The van der Waals surface area contributed by atoms with Gasteiger partial charge >= 0.3 is 29.2 Å². The fourth-order valence-electron chi connectivity index (χ4n) is 2.88. The van der Waals surface area contributed by atoms with Gasteiger partial charge in [0.15, 0.2) is 5.72 Å². The van der Waals surface area contributed by atoms with Crippen LogP contribution in [0.5, 0.6) is 0 Å². The highest BCUT2D eigenvalue weighted by Gasteiger charge is 2.56. The summed E-state index contributed by atoms with van der Waals surface area (Å²) in [6, 6.07) is 1.19. The van der Waals surface area contributed by atoms with E-state index in [2.05, 4.69) is 18.1 Å². The molecule has 0 spiro atoms. The number of aromatic nitrogens is 2. The Balaban J connectivity index is 2.25. The van der Waals surface area contributed by atoms with Crippen LogP contribution in [0.4, 0.5) is 5.82 Å². The Hall–Kier alpha value is -1.49. The van der Waals surface area contributed by atoms with Crippen LogP contribution in [0.25, 0.3) is 0 Å². The van der Waals surface area contributed by atoms with Crippen LogP contribution in [-0.4, -0.2) is 64.3 Å². The molecule has 2 rings (SSSR count). The number of hydrogen-bond donors (Lipinski definition) is 8. The minimum absolute atomic E-state index is 0.155. The highest BCUT2D eigenvalue weighted by atomic mass is 31.3. The summed E-state index contributed by atoms with van der Waals surface area (Å²) in [5.74, 6) is -0.155. The van der Waals surface area contributed by atoms with Crippen LogP contribution >= 0.6 is 23.5 Å². The Kier molecular flexibility index (Phi) is 8.42. The highest BCUT2D eigenvalue weighted by molar-refractivity contribution is 7.66. The Morgan fingerprint density at radius 2 is 1.82 bits per heavy atom. The van der Waals surface area contributed by atoms with Gasteiger partial charge in [-0.05, 0) is 12.3 Å². The molecule has 188 valence electrons. The standard InChI is InChI=1S/C12H21N4O14P3/c13-4-1-3-12(16-5-2-8(14)15-11(16)19)10(18)9(17)7(28-12)6-27-32(23,24)30-33(25,26)29-31(20,21)22/h1-2,4-5,7,9-10,17-18H,3,6,13H2,(H,23,24)(H,25,26)(H2,14,15,19)(H2,20,21,22)/t7-,9-,10-,12-/m1/s1. The molecule has 1 saturated heterocycles. The number of nitrogen functional groups attached to an aromatic ring is 1. The van der Waals surface area contributed by atoms with Gasteiger partial charge in [0.25, 0.3) is 0 Å². The second-order valence-corrected chi connectivity index (χ2v) is 10.9. The SMILES string of the molecule is NC=CC[C@@]1(n2ccc(N)nc2=O)O[C@H](COP(=O)(O)OP(=O)(O)OP(=O)(O)O)[C@@H](O)[C@H]1O. The first-order valence-electron chi connectivity index (χ1n) is 8.56. The number of anilines is 1. The van der Waals surface area contributed by atoms with Gasteiger partial charge in [-0.15, -0.1) is 0 Å². The molecule has 0 radical (unpaired) electrons. The number of hydrogen-bond acceptors (Lipinski definition) is 13. The van der Waals surface area contributed by atoms with Crippen LogP contribution in [-0.2, 0) is 37.3 Å². The van der Waals surface area contributed by atoms with E-state index in [1.807, 2.05) is 0 Å². The molecule has 0 aromatic carbocycles. The number of nitrogens with two attached hydrogens (primary N) is 2. The van der Waals surface area contributed by atoms with E-state index in [4.69, 9.17) is 30.9 Å². The van der Waals surface area contributed by atoms with Crippen LogP contribution in [0.3, 0.4) is 0 Å². The van der Waals surface area contributed by atoms with E-state index in [9.17, 15) is 33.6 Å². The zero-order valence-corrected chi connectivity index (χ0v) is 19.0. The maximum absolute atomic E-state index is 12.3. The Morgan fingerprint density at radius 3 is 2.36 bits per heavy atom. The Bertz CT molecular complexity index is 1090. The lowest BCUT2D eigenvalue weighted by atomic mass is 9.99. The van der Waals surface area contributed by atoms with E-state index in [1.54, 1.807) is 0 Å². The van der Waals surface area contributed by atoms with E-state index < -0.39 is 59.8 Å². The summed E-state index contributed by atoms with van der Waals surface area (Å²) >= 11 is 0. The summed E-state index contributed by atoms with van der Waals surface area (Å²) < 4.78 is 51.9. The third-order valence-electron chi connectivity index (χ3n) is 4.12. The maximum atomic E-state index is 12.3. The van der Waals surface area contributed by atoms with Gasteiger partial charge in [0.2, 0.25) is 0 Å². The number of rotatable bonds is 10. The van der Waals surface area contributed by atoms with Crippen LogP contribution in [0.1, 0.15) is 6.42 Å². The molecule has 21 heteroatoms. The number of aliphatic hydroxyl groups excluding tert-OH is 2. The predicted molar refractivity (Wildman–Crippen MR) is 106 cm³/mol. The first-order chi connectivity index (χ1) is 15.0. The summed E-state index contributed by atoms with van der Waals surface area (Å²) in [5, 5.41) is 21.0. The number of ether oxygens (including phenoxy) is 1. The topological polar surface area (TPSA) is 296 Å². The van der Waals surface area contributed by atoms with Crippen molar-refractivity contribution in [2.45, 2.75) is 30.5 Å². The molecule has 10 N–H and O–H groups in total. The lowest BCUT2D eigenvalue weighted by molar-refractivity contribution is -0.147. The van der Waals surface area contributed by atoms with Crippen molar-refractivity contribution in [1.82, 2.24) is 9.55 Å². The van der Waals surface area contributed by atoms with Crippen molar-refractivity contribution in [1.29, 1.82) is 0 Å². The molecule has 0 bridgehead atoms. The zero-order chi connectivity index (χ0) is 25.2. The molecular formula is C12H21N4O14P3. The van der Waals surface area contributed by atoms with E-state index in [1.165, 1.54) is 12.1 Å². The van der Waals surface area contributed by atoms with Gasteiger partial charge in [-0.3, -0.25) is 9.09 Å². The highest BCUT2D eigenvalue weighted by Crippen LogP contribution is 2.66. The molecule has 1 fully saturated rings. The number of aliphatic hydroxyl groups is 2. The maximum Gasteiger partial charge on any atom is 0.490 e. The third kappa shape index (κ3) is 7.00. The second-order valence-electron chi connectivity index (χ2n) is 6.46. The first-order valence-corrected chi connectivity index (χ1v) is 13.1. The molecule has 0 aliphatic carbocycles. The van der Waals surface area contributed by atoms with E-state index in [0.29, 0.717) is 0 Å². The van der Waals surface area contributed by atoms with Crippen molar-refractivity contribution in [2.24, 2.45) is 5.73 Å². The molecular weight excluding hydrogens is 517 g/mol. The minimum atomic E-state index is -5.77. The van der Waals surface area contributed by atoms with Gasteiger partial charge in [0.05, 0.1) is 6.61 Å². The molecule has 1 aliphatic rings. The van der Waals surface area contributed by atoms with Crippen molar-refractivity contribution >= 4 is 29.3 Å². The van der Waals surface area contributed by atoms with Crippen molar-refractivity contribution < 1.29 is 61.4 Å². The molecule has 2 heterocycles. The second kappa shape index (κ2) is 10.0. The minimum Gasteiger partial charge on any atom is -0.405 e. The van der Waals surface area contributed by atoms with Gasteiger partial charge in [-0.1, -0.05) is 6.08 Å². The first kappa shape index (κ1) is 27.8. The van der Waals surface area contributed by atoms with Gasteiger partial charge in [-0.25, -0.2) is 18.5 Å². The predicted octanol–water partition coefficient (Wildman–Crippen LogP) is -2.20. The van der Waals surface area contributed by atoms with E-state index >= 15 is 0 Å². The monoisotopic (exact) mass is 538 g/mol. The molecule has 0 amide bonds. The molecule has 1 aliphatic heterocycles. The summed E-state index contributed by atoms with van der Waals surface area (Å²) in [6.07, 6.45) is -2.22. The lowest BCUT2D eigenvalue weighted by Crippen LogP contribution is -2.50. The number of phosphoric acid groups is 3. The summed E-state index contributed by atoms with van der Waals surface area (Å²) in [5.41, 5.74) is 7.73. The largest absolute Gasteiger partial charge is 0.490 e. The van der Waals surface area contributed by atoms with Gasteiger partial charge in [0.1, 0.15) is 24.1 Å². The van der Waals surface area contributed by atoms with Crippen molar-refractivity contribution in [3.8, 4) is 0 Å². The quantitative estimate of drug-likeness (QED) is 0.147. The molecule has 18 nitrogen and oxygen atoms in total. The molecule has 1 aromatic rings. The zero-order valence-electron chi connectivity index (χ0n) is 16.3. The summed E-state index contributed by atoms with van der Waals surface area (Å²) in [4.78, 5) is 51.6. The number of phosphoric ester groups is 1. The molecule has 6 atom stereocenters. The molecule has 0 saturated carbocycles. The fourth-order valence-corrected chi connectivity index (χ4v) is 5.91. The lowest BCUT2D eigenvalue weighted by Gasteiger charge is -2.32. The fraction of sp³-hybridized carbons (Fsp3) is 0.500. The average molecular weight is 538 g/mol. The van der Waals surface area contributed by atoms with Crippen molar-refractivity contribution in [3.63, 3.8) is 0 Å². The van der Waals surface area contributed by atoms with E-state index in [-0.39, 0.29) is 12.2 Å². The molecule has 33 heavy (non-hydrogen) atoms. The summed E-state index contributed by atoms with van der Waals surface area (Å²) in [6.45, 7) is -1.08. The van der Waals surface area contributed by atoms with Crippen molar-refractivity contribution in [2.75, 3.05) is 12.3 Å². The Morgan fingerprint density at radius 1 is 1.18 bits per heavy atom. The Labute approximate surface area is 184 Å². The molecule has 2 unspecified atom stereocenters. The van der Waals surface area contributed by atoms with Gasteiger partial charge in [-0.2, -0.15) is 13.6 Å².